The first-order chi connectivity index (χ1) is 8.61. The molecule has 2 atom stereocenters. The highest BCUT2D eigenvalue weighted by Crippen LogP contribution is 2.32. The van der Waals surface area contributed by atoms with E-state index in [1.807, 2.05) is 0 Å². The van der Waals surface area contributed by atoms with Crippen molar-refractivity contribution in [2.75, 3.05) is 13.2 Å². The third kappa shape index (κ3) is 1.85. The van der Waals surface area contributed by atoms with Crippen molar-refractivity contribution in [3.63, 3.8) is 0 Å². The minimum atomic E-state index is -3.38. The number of nitrogens with two attached hydrogens (primary N) is 1. The van der Waals surface area contributed by atoms with Gasteiger partial charge < -0.3 is 10.5 Å². The first-order valence-electron chi connectivity index (χ1n) is 6.03. The summed E-state index contributed by atoms with van der Waals surface area (Å²) in [6.45, 7) is 1.42. The van der Waals surface area contributed by atoms with E-state index >= 15 is 0 Å². The molecule has 0 saturated carbocycles. The number of nitrogens with zero attached hydrogens (tertiary/aromatic N) is 1. The van der Waals surface area contributed by atoms with Gasteiger partial charge in [0.05, 0.1) is 23.6 Å². The second-order valence-corrected chi connectivity index (χ2v) is 6.66. The summed E-state index contributed by atoms with van der Waals surface area (Å²) in [4.78, 5) is 0.340. The lowest BCUT2D eigenvalue weighted by atomic mass is 10.2. The average molecular weight is 268 g/mol. The molecule has 3 rings (SSSR count). The van der Waals surface area contributed by atoms with Crippen LogP contribution >= 0.6 is 0 Å². The van der Waals surface area contributed by atoms with Crippen molar-refractivity contribution in [1.29, 1.82) is 0 Å². The summed E-state index contributed by atoms with van der Waals surface area (Å²) in [5, 5.41) is 0. The van der Waals surface area contributed by atoms with Crippen LogP contribution in [0.3, 0.4) is 0 Å². The molecule has 2 fully saturated rings. The molecule has 2 saturated heterocycles. The molecule has 1 aromatic rings. The van der Waals surface area contributed by atoms with E-state index in [9.17, 15) is 8.42 Å². The Morgan fingerprint density at radius 3 is 2.56 bits per heavy atom. The minimum Gasteiger partial charge on any atom is -0.375 e. The van der Waals surface area contributed by atoms with Crippen molar-refractivity contribution < 1.29 is 13.2 Å². The molecule has 2 aliphatic heterocycles. The summed E-state index contributed by atoms with van der Waals surface area (Å²) >= 11 is 0. The summed E-state index contributed by atoms with van der Waals surface area (Å²) < 4.78 is 31.9. The summed E-state index contributed by atoms with van der Waals surface area (Å²) in [7, 11) is -3.38. The summed E-state index contributed by atoms with van der Waals surface area (Å²) in [5.41, 5.74) is 6.43. The standard InChI is InChI=1S/C12H16N2O3S/c13-6-9-1-3-12(4-2-9)18(15,16)14-7-11-5-10(14)8-17-11/h1-4,10-11H,5-8,13H2/t10-,11-/m0/s1. The Morgan fingerprint density at radius 1 is 1.33 bits per heavy atom. The van der Waals surface area contributed by atoms with Gasteiger partial charge in [0.25, 0.3) is 0 Å². The van der Waals surface area contributed by atoms with Gasteiger partial charge >= 0.3 is 0 Å². The maximum atomic E-state index is 12.5. The number of fused-ring (bicyclic) bond motifs is 2. The fourth-order valence-corrected chi connectivity index (χ4v) is 4.24. The molecule has 5 nitrogen and oxygen atoms in total. The second kappa shape index (κ2) is 4.31. The van der Waals surface area contributed by atoms with Crippen LogP contribution in [0.25, 0.3) is 0 Å². The number of benzene rings is 1. The highest BCUT2D eigenvalue weighted by molar-refractivity contribution is 7.89. The molecule has 0 aliphatic carbocycles. The SMILES string of the molecule is NCc1ccc(S(=O)(=O)N2C[C@@H]3C[C@H]2CO3)cc1. The van der Waals surface area contributed by atoms with Crippen molar-refractivity contribution >= 4 is 10.0 Å². The number of morpholine rings is 1. The predicted octanol–water partition coefficient (Wildman–Crippen LogP) is 0.307. The first-order valence-corrected chi connectivity index (χ1v) is 7.48. The molecule has 98 valence electrons. The molecule has 1 aromatic carbocycles. The molecule has 0 radical (unpaired) electrons. The van der Waals surface area contributed by atoms with Gasteiger partial charge in [0.15, 0.2) is 0 Å². The molecule has 0 unspecified atom stereocenters. The molecule has 2 heterocycles. The van der Waals surface area contributed by atoms with Gasteiger partial charge in [-0.1, -0.05) is 12.1 Å². The average Bonchev–Trinajstić information content (AvgIpc) is 3.01. The molecule has 6 heteroatoms. The Balaban J connectivity index is 1.89. The third-order valence-corrected chi connectivity index (χ3v) is 5.55. The quantitative estimate of drug-likeness (QED) is 0.856. The van der Waals surface area contributed by atoms with Crippen LogP contribution in [0.1, 0.15) is 12.0 Å². The molecule has 2 bridgehead atoms. The van der Waals surface area contributed by atoms with E-state index in [4.69, 9.17) is 10.5 Å². The lowest BCUT2D eigenvalue weighted by Gasteiger charge is -2.26. The minimum absolute atomic E-state index is 0.00850. The van der Waals surface area contributed by atoms with Gasteiger partial charge in [-0.25, -0.2) is 8.42 Å². The zero-order chi connectivity index (χ0) is 12.8. The molecule has 2 N–H and O–H groups in total. The molecule has 0 spiro atoms. The smallest absolute Gasteiger partial charge is 0.243 e. The Kier molecular flexibility index (Phi) is 2.90. The van der Waals surface area contributed by atoms with Crippen molar-refractivity contribution in [2.45, 2.75) is 30.0 Å². The third-order valence-electron chi connectivity index (χ3n) is 3.62. The van der Waals surface area contributed by atoms with E-state index in [1.54, 1.807) is 28.6 Å². The van der Waals surface area contributed by atoms with Crippen molar-refractivity contribution in [3.8, 4) is 0 Å². The van der Waals surface area contributed by atoms with Gasteiger partial charge in [-0.2, -0.15) is 4.31 Å². The lowest BCUT2D eigenvalue weighted by Crippen LogP contribution is -2.41. The fourth-order valence-electron chi connectivity index (χ4n) is 2.59. The highest BCUT2D eigenvalue weighted by atomic mass is 32.2. The van der Waals surface area contributed by atoms with Crippen LogP contribution in [-0.4, -0.2) is 38.0 Å². The lowest BCUT2D eigenvalue weighted by molar-refractivity contribution is 0.0608. The normalized spacial score (nSPS) is 27.8. The van der Waals surface area contributed by atoms with Crippen molar-refractivity contribution in [2.24, 2.45) is 5.73 Å². The Hall–Kier alpha value is -0.950. The summed E-state index contributed by atoms with van der Waals surface area (Å²) in [5.74, 6) is 0. The fraction of sp³-hybridized carbons (Fsp3) is 0.500. The van der Waals surface area contributed by atoms with E-state index in [-0.39, 0.29) is 12.1 Å². The monoisotopic (exact) mass is 268 g/mol. The van der Waals surface area contributed by atoms with Gasteiger partial charge in [0.1, 0.15) is 0 Å². The van der Waals surface area contributed by atoms with Crippen molar-refractivity contribution in [1.82, 2.24) is 4.31 Å². The molecule has 0 amide bonds. The molecular weight excluding hydrogens is 252 g/mol. The molecule has 0 aromatic heterocycles. The van der Waals surface area contributed by atoms with Crippen LogP contribution in [0.5, 0.6) is 0 Å². The number of hydrogen-bond acceptors (Lipinski definition) is 4. The Bertz CT molecular complexity index is 541. The van der Waals surface area contributed by atoms with E-state index in [0.717, 1.165) is 12.0 Å². The van der Waals surface area contributed by atoms with Crippen LogP contribution in [0.4, 0.5) is 0 Å². The number of ether oxygens (including phenoxy) is 1. The second-order valence-electron chi connectivity index (χ2n) is 4.77. The zero-order valence-corrected chi connectivity index (χ0v) is 10.8. The van der Waals surface area contributed by atoms with Gasteiger partial charge in [-0.05, 0) is 24.1 Å². The largest absolute Gasteiger partial charge is 0.375 e. The highest BCUT2D eigenvalue weighted by Gasteiger charge is 2.45. The molecule has 18 heavy (non-hydrogen) atoms. The first kappa shape index (κ1) is 12.1. The van der Waals surface area contributed by atoms with E-state index in [1.165, 1.54) is 0 Å². The van der Waals surface area contributed by atoms with E-state index in [2.05, 4.69) is 0 Å². The Morgan fingerprint density at radius 2 is 2.06 bits per heavy atom. The van der Waals surface area contributed by atoms with Crippen LogP contribution in [0.15, 0.2) is 29.2 Å². The van der Waals surface area contributed by atoms with Crippen LogP contribution in [0, 0.1) is 0 Å². The zero-order valence-electron chi connectivity index (χ0n) is 9.95. The Labute approximate surface area is 107 Å². The van der Waals surface area contributed by atoms with Crippen LogP contribution in [0.2, 0.25) is 0 Å². The topological polar surface area (TPSA) is 72.6 Å². The number of sulfonamides is 1. The number of hydrogen-bond donors (Lipinski definition) is 1. The maximum absolute atomic E-state index is 12.5. The van der Waals surface area contributed by atoms with E-state index in [0.29, 0.717) is 24.6 Å². The van der Waals surface area contributed by atoms with Gasteiger partial charge in [0, 0.05) is 13.1 Å². The van der Waals surface area contributed by atoms with Crippen LogP contribution < -0.4 is 5.73 Å². The maximum Gasteiger partial charge on any atom is 0.243 e. The molecule has 2 aliphatic rings. The van der Waals surface area contributed by atoms with Crippen molar-refractivity contribution in [3.05, 3.63) is 29.8 Å². The number of rotatable bonds is 3. The van der Waals surface area contributed by atoms with E-state index < -0.39 is 10.0 Å². The summed E-state index contributed by atoms with van der Waals surface area (Å²) in [6.07, 6.45) is 0.896. The van der Waals surface area contributed by atoms with Gasteiger partial charge in [-0.15, -0.1) is 0 Å². The predicted molar refractivity (Wildman–Crippen MR) is 66.4 cm³/mol. The molecular formula is C12H16N2O3S. The van der Waals surface area contributed by atoms with Gasteiger partial charge in [0.2, 0.25) is 10.0 Å². The van der Waals surface area contributed by atoms with Gasteiger partial charge in [-0.3, -0.25) is 0 Å². The van der Waals surface area contributed by atoms with Crippen LogP contribution in [-0.2, 0) is 21.3 Å². The summed E-state index contributed by atoms with van der Waals surface area (Å²) in [6, 6.07) is 6.79.